The van der Waals surface area contributed by atoms with Crippen LogP contribution in [0.25, 0.3) is 0 Å². The van der Waals surface area contributed by atoms with Crippen LogP contribution in [-0.4, -0.2) is 63.2 Å². The van der Waals surface area contributed by atoms with Crippen LogP contribution in [0.3, 0.4) is 0 Å². The first-order valence-corrected chi connectivity index (χ1v) is 6.51. The van der Waals surface area contributed by atoms with E-state index in [1.54, 1.807) is 7.05 Å². The smallest absolute Gasteiger partial charge is 0.224 e. The molecule has 0 spiro atoms. The molecule has 0 aliphatic carbocycles. The van der Waals surface area contributed by atoms with E-state index >= 15 is 0 Å². The Balaban J connectivity index is 1.96. The summed E-state index contributed by atoms with van der Waals surface area (Å²) < 4.78 is 5.19. The van der Waals surface area contributed by atoms with Gasteiger partial charge in [-0.1, -0.05) is 0 Å². The molecule has 1 saturated heterocycles. The third-order valence-corrected chi connectivity index (χ3v) is 2.92. The summed E-state index contributed by atoms with van der Waals surface area (Å²) >= 11 is 0. The van der Waals surface area contributed by atoms with Crippen molar-refractivity contribution in [2.45, 2.75) is 19.3 Å². The van der Waals surface area contributed by atoms with E-state index in [9.17, 15) is 9.59 Å². The summed E-state index contributed by atoms with van der Waals surface area (Å²) in [4.78, 5) is 24.5. The van der Waals surface area contributed by atoms with E-state index in [2.05, 4.69) is 10.6 Å². The zero-order valence-corrected chi connectivity index (χ0v) is 11.0. The topological polar surface area (TPSA) is 70.7 Å². The Bertz CT molecular complexity index is 265. The van der Waals surface area contributed by atoms with Crippen molar-refractivity contribution in [3.8, 4) is 0 Å². The predicted molar refractivity (Wildman–Crippen MR) is 68.2 cm³/mol. The number of ether oxygens (including phenoxy) is 1. The Labute approximate surface area is 108 Å². The second kappa shape index (κ2) is 8.88. The number of nitrogens with one attached hydrogen (secondary N) is 2. The zero-order chi connectivity index (χ0) is 13.2. The minimum atomic E-state index is 0.0567. The first-order valence-electron chi connectivity index (χ1n) is 6.51. The van der Waals surface area contributed by atoms with Gasteiger partial charge in [-0.25, -0.2) is 0 Å². The highest BCUT2D eigenvalue weighted by Crippen LogP contribution is 1.99. The van der Waals surface area contributed by atoms with Gasteiger partial charge in [-0.05, 0) is 13.0 Å². The lowest BCUT2D eigenvalue weighted by Crippen LogP contribution is -2.41. The van der Waals surface area contributed by atoms with Gasteiger partial charge in [0, 0.05) is 39.5 Å². The highest BCUT2D eigenvalue weighted by molar-refractivity contribution is 5.76. The van der Waals surface area contributed by atoms with Gasteiger partial charge in [0.25, 0.3) is 0 Å². The van der Waals surface area contributed by atoms with Crippen molar-refractivity contribution in [2.24, 2.45) is 0 Å². The lowest BCUT2D eigenvalue weighted by atomic mass is 10.3. The van der Waals surface area contributed by atoms with Crippen molar-refractivity contribution in [1.82, 2.24) is 15.5 Å². The molecule has 1 aliphatic heterocycles. The Morgan fingerprint density at radius 3 is 2.56 bits per heavy atom. The van der Waals surface area contributed by atoms with Crippen LogP contribution >= 0.6 is 0 Å². The molecule has 6 nitrogen and oxygen atoms in total. The number of carbonyl (C=O) groups excluding carboxylic acids is 2. The Kier molecular flexibility index (Phi) is 7.36. The molecule has 104 valence electrons. The van der Waals surface area contributed by atoms with Crippen LogP contribution in [0, 0.1) is 0 Å². The Hall–Kier alpha value is -1.14. The van der Waals surface area contributed by atoms with Crippen molar-refractivity contribution in [2.75, 3.05) is 46.4 Å². The fraction of sp³-hybridized carbons (Fsp3) is 0.833. The molecule has 0 unspecified atom stereocenters. The normalized spacial score (nSPS) is 15.5. The van der Waals surface area contributed by atoms with Gasteiger partial charge >= 0.3 is 0 Å². The fourth-order valence-electron chi connectivity index (χ4n) is 1.79. The highest BCUT2D eigenvalue weighted by atomic mass is 16.5. The largest absolute Gasteiger partial charge is 0.378 e. The summed E-state index contributed by atoms with van der Waals surface area (Å²) in [5.41, 5.74) is 0. The van der Waals surface area contributed by atoms with Crippen LogP contribution in [0.4, 0.5) is 0 Å². The van der Waals surface area contributed by atoms with Gasteiger partial charge < -0.3 is 20.3 Å². The first-order chi connectivity index (χ1) is 8.74. The second-order valence-electron chi connectivity index (χ2n) is 4.27. The Morgan fingerprint density at radius 2 is 1.89 bits per heavy atom. The molecule has 6 heteroatoms. The van der Waals surface area contributed by atoms with Gasteiger partial charge in [0.05, 0.1) is 13.2 Å². The Morgan fingerprint density at radius 1 is 1.17 bits per heavy atom. The molecule has 2 N–H and O–H groups in total. The molecule has 0 aromatic heterocycles. The standard InChI is InChI=1S/C12H23N3O3/c1-13-11(16)3-2-5-14-6-4-12(17)15-7-9-18-10-8-15/h14H,2-10H2,1H3,(H,13,16). The average Bonchev–Trinajstić information content (AvgIpc) is 2.43. The van der Waals surface area contributed by atoms with E-state index in [0.717, 1.165) is 13.0 Å². The number of morpholine rings is 1. The van der Waals surface area contributed by atoms with E-state index in [1.807, 2.05) is 4.90 Å². The molecule has 0 bridgehead atoms. The van der Waals surface area contributed by atoms with Gasteiger partial charge in [0.15, 0.2) is 0 Å². The quantitative estimate of drug-likeness (QED) is 0.595. The molecule has 0 atom stereocenters. The minimum absolute atomic E-state index is 0.0567. The van der Waals surface area contributed by atoms with Crippen LogP contribution in [-0.2, 0) is 14.3 Å². The van der Waals surface area contributed by atoms with Crippen molar-refractivity contribution in [3.05, 3.63) is 0 Å². The molecule has 1 heterocycles. The SMILES string of the molecule is CNC(=O)CCCNCCC(=O)N1CCOCC1. The highest BCUT2D eigenvalue weighted by Gasteiger charge is 2.15. The number of hydrogen-bond donors (Lipinski definition) is 2. The van der Waals surface area contributed by atoms with Crippen molar-refractivity contribution in [3.63, 3.8) is 0 Å². The molecule has 0 aromatic carbocycles. The van der Waals surface area contributed by atoms with Crippen LogP contribution in [0.1, 0.15) is 19.3 Å². The number of carbonyl (C=O) groups is 2. The third-order valence-electron chi connectivity index (χ3n) is 2.92. The number of hydrogen-bond acceptors (Lipinski definition) is 4. The van der Waals surface area contributed by atoms with Crippen molar-refractivity contribution >= 4 is 11.8 Å². The third kappa shape index (κ3) is 5.97. The molecule has 0 saturated carbocycles. The summed E-state index contributed by atoms with van der Waals surface area (Å²) in [5, 5.41) is 5.75. The van der Waals surface area contributed by atoms with Crippen molar-refractivity contribution in [1.29, 1.82) is 0 Å². The van der Waals surface area contributed by atoms with E-state index in [1.165, 1.54) is 0 Å². The first kappa shape index (κ1) is 14.9. The van der Waals surface area contributed by atoms with Gasteiger partial charge in [0.2, 0.25) is 11.8 Å². The van der Waals surface area contributed by atoms with E-state index < -0.39 is 0 Å². The summed E-state index contributed by atoms with van der Waals surface area (Å²) in [6, 6.07) is 0. The van der Waals surface area contributed by atoms with E-state index in [4.69, 9.17) is 4.74 Å². The summed E-state index contributed by atoms with van der Waals surface area (Å²) in [5.74, 6) is 0.235. The average molecular weight is 257 g/mol. The number of nitrogens with zero attached hydrogens (tertiary/aromatic N) is 1. The maximum Gasteiger partial charge on any atom is 0.224 e. The summed E-state index contributed by atoms with van der Waals surface area (Å²) in [6.07, 6.45) is 1.84. The molecule has 0 aromatic rings. The molecular weight excluding hydrogens is 234 g/mol. The van der Waals surface area contributed by atoms with Crippen LogP contribution in [0.15, 0.2) is 0 Å². The van der Waals surface area contributed by atoms with Crippen molar-refractivity contribution < 1.29 is 14.3 Å². The molecular formula is C12H23N3O3. The predicted octanol–water partition coefficient (Wildman–Crippen LogP) is -0.649. The lowest BCUT2D eigenvalue weighted by molar-refractivity contribution is -0.135. The summed E-state index contributed by atoms with van der Waals surface area (Å²) in [7, 11) is 1.64. The number of amides is 2. The molecule has 18 heavy (non-hydrogen) atoms. The summed E-state index contributed by atoms with van der Waals surface area (Å²) in [6.45, 7) is 4.13. The van der Waals surface area contributed by atoms with Crippen LogP contribution in [0.2, 0.25) is 0 Å². The van der Waals surface area contributed by atoms with Crippen LogP contribution < -0.4 is 10.6 Å². The molecule has 0 radical (unpaired) electrons. The fourth-order valence-corrected chi connectivity index (χ4v) is 1.79. The number of rotatable bonds is 7. The zero-order valence-electron chi connectivity index (χ0n) is 11.0. The van der Waals surface area contributed by atoms with E-state index in [0.29, 0.717) is 45.7 Å². The van der Waals surface area contributed by atoms with Gasteiger partial charge in [-0.2, -0.15) is 0 Å². The molecule has 1 fully saturated rings. The maximum absolute atomic E-state index is 11.8. The van der Waals surface area contributed by atoms with Gasteiger partial charge in [-0.3, -0.25) is 9.59 Å². The molecule has 1 rings (SSSR count). The second-order valence-corrected chi connectivity index (χ2v) is 4.27. The van der Waals surface area contributed by atoms with Gasteiger partial charge in [0.1, 0.15) is 0 Å². The van der Waals surface area contributed by atoms with E-state index in [-0.39, 0.29) is 11.8 Å². The molecule has 1 aliphatic rings. The minimum Gasteiger partial charge on any atom is -0.378 e. The maximum atomic E-state index is 11.8. The van der Waals surface area contributed by atoms with Crippen LogP contribution in [0.5, 0.6) is 0 Å². The molecule has 2 amide bonds. The van der Waals surface area contributed by atoms with Gasteiger partial charge in [-0.15, -0.1) is 0 Å². The lowest BCUT2D eigenvalue weighted by Gasteiger charge is -2.26. The monoisotopic (exact) mass is 257 g/mol.